The van der Waals surface area contributed by atoms with Crippen LogP contribution in [0.3, 0.4) is 0 Å². The minimum absolute atomic E-state index is 0.279. The predicted molar refractivity (Wildman–Crippen MR) is 98.6 cm³/mol. The van der Waals surface area contributed by atoms with Gasteiger partial charge >= 0.3 is 0 Å². The second-order valence-corrected chi connectivity index (χ2v) is 6.99. The minimum Gasteiger partial charge on any atom is -0.379 e. The summed E-state index contributed by atoms with van der Waals surface area (Å²) < 4.78 is 11.5. The monoisotopic (exact) mass is 341 g/mol. The van der Waals surface area contributed by atoms with Gasteiger partial charge in [0.15, 0.2) is 0 Å². The van der Waals surface area contributed by atoms with Gasteiger partial charge in [0.05, 0.1) is 30.5 Å². The number of aromatic nitrogens is 1. The molecule has 0 N–H and O–H groups in total. The molecule has 2 aromatic rings. The molecule has 0 spiro atoms. The zero-order valence-corrected chi connectivity index (χ0v) is 14.8. The van der Waals surface area contributed by atoms with Crippen molar-refractivity contribution in [3.05, 3.63) is 42.1 Å². The molecule has 1 aromatic carbocycles. The molecule has 1 unspecified atom stereocenters. The number of nitrogens with zero attached hydrogens (tertiary/aromatic N) is 3. The van der Waals surface area contributed by atoms with E-state index in [9.17, 15) is 0 Å². The van der Waals surface area contributed by atoms with Gasteiger partial charge in [-0.05, 0) is 18.6 Å². The molecular weight excluding hydrogens is 314 g/mol. The first kappa shape index (κ1) is 16.9. The van der Waals surface area contributed by atoms with Gasteiger partial charge in [-0.25, -0.2) is 0 Å². The summed E-state index contributed by atoms with van der Waals surface area (Å²) in [5.41, 5.74) is 2.22. The number of fused-ring (bicyclic) bond motifs is 1. The highest BCUT2D eigenvalue weighted by Crippen LogP contribution is 2.15. The Bertz CT molecular complexity index is 687. The van der Waals surface area contributed by atoms with Crippen LogP contribution in [0.5, 0.6) is 0 Å². The summed E-state index contributed by atoms with van der Waals surface area (Å²) in [6.07, 6.45) is 1.37. The van der Waals surface area contributed by atoms with Crippen LogP contribution in [-0.4, -0.2) is 73.4 Å². The van der Waals surface area contributed by atoms with Crippen molar-refractivity contribution in [2.75, 3.05) is 52.5 Å². The highest BCUT2D eigenvalue weighted by molar-refractivity contribution is 5.78. The molecule has 134 valence electrons. The van der Waals surface area contributed by atoms with Crippen LogP contribution in [-0.2, 0) is 16.0 Å². The molecular formula is C20H27N3O2. The van der Waals surface area contributed by atoms with Gasteiger partial charge in [0, 0.05) is 51.3 Å². The Balaban J connectivity index is 1.39. The summed E-state index contributed by atoms with van der Waals surface area (Å²) in [6.45, 7) is 8.54. The van der Waals surface area contributed by atoms with Gasteiger partial charge in [0.2, 0.25) is 0 Å². The average Bonchev–Trinajstić information content (AvgIpc) is 2.87. The quantitative estimate of drug-likeness (QED) is 0.852. The van der Waals surface area contributed by atoms with E-state index in [2.05, 4.69) is 46.2 Å². The normalized spacial score (nSPS) is 23.6. The van der Waals surface area contributed by atoms with Gasteiger partial charge in [0.25, 0.3) is 0 Å². The first-order valence-electron chi connectivity index (χ1n) is 9.35. The number of para-hydroxylation sites is 1. The number of benzene rings is 1. The lowest BCUT2D eigenvalue weighted by Gasteiger charge is -2.31. The third-order valence-electron chi connectivity index (χ3n) is 5.04. The van der Waals surface area contributed by atoms with E-state index in [0.717, 1.165) is 76.7 Å². The number of rotatable bonds is 4. The third kappa shape index (κ3) is 4.55. The van der Waals surface area contributed by atoms with Crippen LogP contribution >= 0.6 is 0 Å². The molecule has 0 amide bonds. The lowest BCUT2D eigenvalue weighted by Crippen LogP contribution is -2.44. The molecule has 1 atom stereocenters. The van der Waals surface area contributed by atoms with Gasteiger partial charge in [-0.1, -0.05) is 24.3 Å². The van der Waals surface area contributed by atoms with Gasteiger partial charge in [-0.3, -0.25) is 14.8 Å². The number of hydrogen-bond donors (Lipinski definition) is 0. The maximum atomic E-state index is 6.10. The van der Waals surface area contributed by atoms with Crippen LogP contribution in [0.1, 0.15) is 12.1 Å². The van der Waals surface area contributed by atoms with E-state index < -0.39 is 0 Å². The minimum atomic E-state index is 0.279. The standard InChI is InChI=1S/C20H27N3O2/c1-2-5-20-17(4-1)6-7-18(21-20)14-23-8-3-11-25-19(16-23)15-22-9-12-24-13-10-22/h1-2,4-7,19H,3,8-16H2. The van der Waals surface area contributed by atoms with Crippen LogP contribution in [0, 0.1) is 0 Å². The molecule has 0 aliphatic carbocycles. The maximum Gasteiger partial charge on any atom is 0.0828 e. The first-order chi connectivity index (χ1) is 12.4. The average molecular weight is 341 g/mol. The van der Waals surface area contributed by atoms with Crippen molar-refractivity contribution in [1.82, 2.24) is 14.8 Å². The van der Waals surface area contributed by atoms with E-state index in [-0.39, 0.29) is 6.10 Å². The van der Waals surface area contributed by atoms with Crippen molar-refractivity contribution in [3.8, 4) is 0 Å². The van der Waals surface area contributed by atoms with Crippen molar-refractivity contribution in [3.63, 3.8) is 0 Å². The molecule has 0 bridgehead atoms. The van der Waals surface area contributed by atoms with E-state index >= 15 is 0 Å². The molecule has 5 nitrogen and oxygen atoms in total. The van der Waals surface area contributed by atoms with Crippen molar-refractivity contribution in [1.29, 1.82) is 0 Å². The third-order valence-corrected chi connectivity index (χ3v) is 5.04. The Morgan fingerprint density at radius 1 is 0.960 bits per heavy atom. The van der Waals surface area contributed by atoms with Crippen molar-refractivity contribution in [2.45, 2.75) is 19.1 Å². The Hall–Kier alpha value is -1.53. The van der Waals surface area contributed by atoms with E-state index in [1.54, 1.807) is 0 Å². The predicted octanol–water partition coefficient (Wildman–Crippen LogP) is 2.16. The summed E-state index contributed by atoms with van der Waals surface area (Å²) in [5.74, 6) is 0. The molecule has 2 fully saturated rings. The fourth-order valence-electron chi connectivity index (χ4n) is 3.72. The highest BCUT2D eigenvalue weighted by Gasteiger charge is 2.22. The van der Waals surface area contributed by atoms with Crippen LogP contribution in [0.2, 0.25) is 0 Å². The van der Waals surface area contributed by atoms with Crippen LogP contribution < -0.4 is 0 Å². The lowest BCUT2D eigenvalue weighted by atomic mass is 10.2. The van der Waals surface area contributed by atoms with Gasteiger partial charge in [0.1, 0.15) is 0 Å². The van der Waals surface area contributed by atoms with E-state index in [0.29, 0.717) is 0 Å². The zero-order chi connectivity index (χ0) is 16.9. The van der Waals surface area contributed by atoms with E-state index in [4.69, 9.17) is 14.5 Å². The topological polar surface area (TPSA) is 37.8 Å². The Labute approximate surface area is 149 Å². The Morgan fingerprint density at radius 3 is 2.76 bits per heavy atom. The summed E-state index contributed by atoms with van der Waals surface area (Å²) in [6, 6.07) is 12.7. The molecule has 0 radical (unpaired) electrons. The second-order valence-electron chi connectivity index (χ2n) is 6.99. The van der Waals surface area contributed by atoms with Crippen LogP contribution in [0.4, 0.5) is 0 Å². The number of pyridine rings is 1. The molecule has 1 aromatic heterocycles. The summed E-state index contributed by atoms with van der Waals surface area (Å²) in [7, 11) is 0. The summed E-state index contributed by atoms with van der Waals surface area (Å²) in [4.78, 5) is 9.79. The number of ether oxygens (including phenoxy) is 2. The molecule has 5 heteroatoms. The zero-order valence-electron chi connectivity index (χ0n) is 14.8. The molecule has 25 heavy (non-hydrogen) atoms. The van der Waals surface area contributed by atoms with Gasteiger partial charge in [-0.2, -0.15) is 0 Å². The molecule has 0 saturated carbocycles. The lowest BCUT2D eigenvalue weighted by molar-refractivity contribution is -0.0123. The number of hydrogen-bond acceptors (Lipinski definition) is 5. The fraction of sp³-hybridized carbons (Fsp3) is 0.550. The summed E-state index contributed by atoms with van der Waals surface area (Å²) >= 11 is 0. The van der Waals surface area contributed by atoms with Crippen molar-refractivity contribution < 1.29 is 9.47 Å². The van der Waals surface area contributed by atoms with Crippen LogP contribution in [0.25, 0.3) is 10.9 Å². The molecule has 2 aliphatic rings. The van der Waals surface area contributed by atoms with Gasteiger partial charge in [-0.15, -0.1) is 0 Å². The molecule has 4 rings (SSSR count). The largest absolute Gasteiger partial charge is 0.379 e. The maximum absolute atomic E-state index is 6.10. The van der Waals surface area contributed by atoms with Crippen LogP contribution in [0.15, 0.2) is 36.4 Å². The molecule has 2 saturated heterocycles. The number of morpholine rings is 1. The fourth-order valence-corrected chi connectivity index (χ4v) is 3.72. The Morgan fingerprint density at radius 2 is 1.84 bits per heavy atom. The summed E-state index contributed by atoms with van der Waals surface area (Å²) in [5, 5.41) is 1.20. The molecule has 2 aliphatic heterocycles. The SMILES string of the molecule is c1ccc2nc(CN3CCCOC(CN4CCOCC4)C3)ccc2c1. The first-order valence-corrected chi connectivity index (χ1v) is 9.35. The highest BCUT2D eigenvalue weighted by atomic mass is 16.5. The van der Waals surface area contributed by atoms with E-state index in [1.807, 2.05) is 0 Å². The van der Waals surface area contributed by atoms with Gasteiger partial charge < -0.3 is 9.47 Å². The molecule has 3 heterocycles. The smallest absolute Gasteiger partial charge is 0.0828 e. The van der Waals surface area contributed by atoms with E-state index in [1.165, 1.54) is 5.39 Å². The van der Waals surface area contributed by atoms with Crippen molar-refractivity contribution >= 4 is 10.9 Å². The van der Waals surface area contributed by atoms with Crippen molar-refractivity contribution in [2.24, 2.45) is 0 Å². The Kier molecular flexibility index (Phi) is 5.57. The second kappa shape index (κ2) is 8.23.